The van der Waals surface area contributed by atoms with Crippen molar-refractivity contribution in [2.45, 2.75) is 11.8 Å². The van der Waals surface area contributed by atoms with Gasteiger partial charge in [0, 0.05) is 16.7 Å². The van der Waals surface area contributed by atoms with E-state index in [1.807, 2.05) is 36.4 Å². The van der Waals surface area contributed by atoms with Crippen molar-refractivity contribution in [3.8, 4) is 0 Å². The molecule has 2 amide bonds. The van der Waals surface area contributed by atoms with Crippen molar-refractivity contribution >= 4 is 17.5 Å². The van der Waals surface area contributed by atoms with Crippen LogP contribution in [0.1, 0.15) is 27.9 Å². The first kappa shape index (κ1) is 17.0. The molecule has 0 aromatic heterocycles. The van der Waals surface area contributed by atoms with Crippen molar-refractivity contribution < 1.29 is 9.59 Å². The molecular weight excluding hydrogens is 336 g/mol. The van der Waals surface area contributed by atoms with Gasteiger partial charge in [-0.25, -0.2) is 0 Å². The van der Waals surface area contributed by atoms with Gasteiger partial charge in [-0.3, -0.25) is 9.59 Å². The molecule has 1 aliphatic rings. The van der Waals surface area contributed by atoms with Crippen molar-refractivity contribution in [3.05, 3.63) is 102 Å². The van der Waals surface area contributed by atoms with Crippen LogP contribution in [0.2, 0.25) is 0 Å². The molecule has 0 saturated heterocycles. The number of nitrogens with one attached hydrogen (secondary N) is 1. The quantitative estimate of drug-likeness (QED) is 0.731. The lowest BCUT2D eigenvalue weighted by molar-refractivity contribution is -0.117. The van der Waals surface area contributed by atoms with E-state index in [0.29, 0.717) is 11.3 Å². The Balaban J connectivity index is 1.60. The number of rotatable bonds is 5. The zero-order valence-corrected chi connectivity index (χ0v) is 14.8. The Bertz CT molecular complexity index is 927. The Labute approximate surface area is 158 Å². The lowest BCUT2D eigenvalue weighted by Gasteiger charge is -2.19. The van der Waals surface area contributed by atoms with Crippen molar-refractivity contribution in [2.24, 2.45) is 11.7 Å². The van der Waals surface area contributed by atoms with Crippen LogP contribution < -0.4 is 11.1 Å². The van der Waals surface area contributed by atoms with Crippen LogP contribution in [0, 0.1) is 5.92 Å². The van der Waals surface area contributed by atoms with Gasteiger partial charge in [-0.15, -0.1) is 0 Å². The lowest BCUT2D eigenvalue weighted by atomic mass is 9.85. The molecular formula is C23H20N2O2. The van der Waals surface area contributed by atoms with E-state index in [1.165, 1.54) is 0 Å². The highest BCUT2D eigenvalue weighted by Gasteiger charge is 2.60. The second kappa shape index (κ2) is 6.72. The number of primary amides is 1. The smallest absolute Gasteiger partial charge is 0.248 e. The first-order valence-corrected chi connectivity index (χ1v) is 8.93. The molecule has 27 heavy (non-hydrogen) atoms. The summed E-state index contributed by atoms with van der Waals surface area (Å²) in [6.07, 6.45) is 0.770. The first-order valence-electron chi connectivity index (χ1n) is 8.93. The van der Waals surface area contributed by atoms with Crippen LogP contribution in [0.5, 0.6) is 0 Å². The molecule has 0 spiro atoms. The Morgan fingerprint density at radius 2 is 1.33 bits per heavy atom. The molecule has 1 unspecified atom stereocenters. The summed E-state index contributed by atoms with van der Waals surface area (Å²) >= 11 is 0. The lowest BCUT2D eigenvalue weighted by Crippen LogP contribution is -2.22. The molecule has 1 aliphatic carbocycles. The number of anilines is 1. The number of nitrogens with two attached hydrogens (primary N) is 1. The van der Waals surface area contributed by atoms with E-state index in [1.54, 1.807) is 24.3 Å². The highest BCUT2D eigenvalue weighted by atomic mass is 16.2. The highest BCUT2D eigenvalue weighted by molar-refractivity contribution is 5.98. The molecule has 134 valence electrons. The van der Waals surface area contributed by atoms with Gasteiger partial charge in [0.15, 0.2) is 0 Å². The molecule has 0 radical (unpaired) electrons. The van der Waals surface area contributed by atoms with E-state index < -0.39 is 5.91 Å². The van der Waals surface area contributed by atoms with Crippen LogP contribution in [0.3, 0.4) is 0 Å². The van der Waals surface area contributed by atoms with E-state index in [9.17, 15) is 9.59 Å². The third-order valence-electron chi connectivity index (χ3n) is 5.29. The molecule has 4 nitrogen and oxygen atoms in total. The molecule has 1 atom stereocenters. The van der Waals surface area contributed by atoms with Gasteiger partial charge < -0.3 is 11.1 Å². The predicted molar refractivity (Wildman–Crippen MR) is 105 cm³/mol. The van der Waals surface area contributed by atoms with Crippen LogP contribution in [0.15, 0.2) is 84.9 Å². The summed E-state index contributed by atoms with van der Waals surface area (Å²) in [6.45, 7) is 0. The SMILES string of the molecule is NC(=O)c1ccc(NC(=O)C2CC2(c2ccccc2)c2ccccc2)cc1. The molecule has 1 fully saturated rings. The summed E-state index contributed by atoms with van der Waals surface area (Å²) in [7, 11) is 0. The minimum Gasteiger partial charge on any atom is -0.366 e. The van der Waals surface area contributed by atoms with Crippen LogP contribution >= 0.6 is 0 Å². The monoisotopic (exact) mass is 356 g/mol. The van der Waals surface area contributed by atoms with Gasteiger partial charge in [-0.1, -0.05) is 60.7 Å². The largest absolute Gasteiger partial charge is 0.366 e. The predicted octanol–water partition coefficient (Wildman–Crippen LogP) is 3.73. The zero-order valence-electron chi connectivity index (χ0n) is 14.8. The number of hydrogen-bond donors (Lipinski definition) is 2. The summed E-state index contributed by atoms with van der Waals surface area (Å²) in [5.74, 6) is -0.644. The normalized spacial score (nSPS) is 17.1. The average molecular weight is 356 g/mol. The van der Waals surface area contributed by atoms with Gasteiger partial charge >= 0.3 is 0 Å². The fraction of sp³-hybridized carbons (Fsp3) is 0.130. The summed E-state index contributed by atoms with van der Waals surface area (Å²) in [5.41, 5.74) is 8.35. The van der Waals surface area contributed by atoms with Gasteiger partial charge in [0.25, 0.3) is 0 Å². The third kappa shape index (κ3) is 3.10. The van der Waals surface area contributed by atoms with Crippen LogP contribution in [0.4, 0.5) is 5.69 Å². The van der Waals surface area contributed by atoms with E-state index in [4.69, 9.17) is 5.73 Å². The third-order valence-corrected chi connectivity index (χ3v) is 5.29. The number of carbonyl (C=O) groups is 2. The maximum absolute atomic E-state index is 13.0. The second-order valence-corrected chi connectivity index (χ2v) is 6.89. The van der Waals surface area contributed by atoms with Crippen molar-refractivity contribution in [1.29, 1.82) is 0 Å². The molecule has 4 heteroatoms. The van der Waals surface area contributed by atoms with E-state index in [0.717, 1.165) is 17.5 Å². The topological polar surface area (TPSA) is 72.2 Å². The second-order valence-electron chi connectivity index (χ2n) is 6.89. The van der Waals surface area contributed by atoms with E-state index >= 15 is 0 Å². The Hall–Kier alpha value is -3.40. The number of amides is 2. The zero-order chi connectivity index (χ0) is 18.9. The van der Waals surface area contributed by atoms with Crippen molar-refractivity contribution in [1.82, 2.24) is 0 Å². The van der Waals surface area contributed by atoms with Gasteiger partial charge in [0.2, 0.25) is 11.8 Å². The Kier molecular flexibility index (Phi) is 4.24. The Morgan fingerprint density at radius 1 is 0.815 bits per heavy atom. The maximum Gasteiger partial charge on any atom is 0.248 e. The molecule has 3 aromatic carbocycles. The number of carbonyl (C=O) groups excluding carboxylic acids is 2. The number of hydrogen-bond acceptors (Lipinski definition) is 2. The summed E-state index contributed by atoms with van der Waals surface area (Å²) in [5, 5.41) is 2.97. The molecule has 4 rings (SSSR count). The van der Waals surface area contributed by atoms with Gasteiger partial charge in [0.1, 0.15) is 0 Å². The fourth-order valence-electron chi connectivity index (χ4n) is 3.80. The van der Waals surface area contributed by atoms with Gasteiger partial charge in [-0.05, 0) is 41.8 Å². The minimum absolute atomic E-state index is 0.0190. The van der Waals surface area contributed by atoms with E-state index in [-0.39, 0.29) is 17.2 Å². The fourth-order valence-corrected chi connectivity index (χ4v) is 3.80. The Morgan fingerprint density at radius 3 is 1.81 bits per heavy atom. The molecule has 3 N–H and O–H groups in total. The van der Waals surface area contributed by atoms with Crippen molar-refractivity contribution in [3.63, 3.8) is 0 Å². The van der Waals surface area contributed by atoms with Gasteiger partial charge in [0.05, 0.1) is 5.92 Å². The number of benzene rings is 3. The summed E-state index contributed by atoms with van der Waals surface area (Å²) in [6, 6.07) is 27.0. The highest BCUT2D eigenvalue weighted by Crippen LogP contribution is 2.59. The summed E-state index contributed by atoms with van der Waals surface area (Å²) in [4.78, 5) is 24.1. The maximum atomic E-state index is 13.0. The summed E-state index contributed by atoms with van der Waals surface area (Å²) < 4.78 is 0. The van der Waals surface area contributed by atoms with Crippen LogP contribution in [-0.2, 0) is 10.2 Å². The van der Waals surface area contributed by atoms with Gasteiger partial charge in [-0.2, -0.15) is 0 Å². The average Bonchev–Trinajstić information content (AvgIpc) is 3.47. The first-order chi connectivity index (χ1) is 13.1. The van der Waals surface area contributed by atoms with Crippen molar-refractivity contribution in [2.75, 3.05) is 5.32 Å². The molecule has 3 aromatic rings. The molecule has 0 aliphatic heterocycles. The molecule has 0 heterocycles. The van der Waals surface area contributed by atoms with E-state index in [2.05, 4.69) is 29.6 Å². The minimum atomic E-state index is -0.484. The van der Waals surface area contributed by atoms with Crippen LogP contribution in [-0.4, -0.2) is 11.8 Å². The molecule has 1 saturated carbocycles. The van der Waals surface area contributed by atoms with Crippen LogP contribution in [0.25, 0.3) is 0 Å². The standard InChI is InChI=1S/C23H20N2O2/c24-21(26)16-11-13-19(14-12-16)25-22(27)20-15-23(20,17-7-3-1-4-8-17)18-9-5-2-6-10-18/h1-14,20H,15H2,(H2,24,26)(H,25,27). The molecule has 0 bridgehead atoms.